The molecule has 5 nitrogen and oxygen atoms in total. The van der Waals surface area contributed by atoms with Crippen LogP contribution in [0.15, 0.2) is 41.8 Å². The van der Waals surface area contributed by atoms with E-state index >= 15 is 0 Å². The third-order valence-electron chi connectivity index (χ3n) is 4.80. The minimum Gasteiger partial charge on any atom is -0.369 e. The third kappa shape index (κ3) is 3.22. The smallest absolute Gasteiger partial charge is 0.222 e. The van der Waals surface area contributed by atoms with E-state index in [9.17, 15) is 4.79 Å². The summed E-state index contributed by atoms with van der Waals surface area (Å²) < 4.78 is 0. The highest BCUT2D eigenvalue weighted by Crippen LogP contribution is 2.31. The van der Waals surface area contributed by atoms with Crippen LogP contribution in [0.2, 0.25) is 0 Å². The molecule has 1 aromatic carbocycles. The van der Waals surface area contributed by atoms with E-state index in [1.807, 2.05) is 41.8 Å². The molecule has 3 aromatic rings. The van der Waals surface area contributed by atoms with E-state index < -0.39 is 0 Å². The Morgan fingerprint density at radius 3 is 2.76 bits per heavy atom. The number of primary amides is 1. The molecule has 2 atom stereocenters. The van der Waals surface area contributed by atoms with E-state index in [-0.39, 0.29) is 17.9 Å². The number of nitrogens with zero attached hydrogens (tertiary/aromatic N) is 2. The number of hydrogen-bond donors (Lipinski definition) is 2. The third-order valence-corrected chi connectivity index (χ3v) is 5.66. The maximum Gasteiger partial charge on any atom is 0.222 e. The summed E-state index contributed by atoms with van der Waals surface area (Å²) in [5.41, 5.74) is 6.52. The number of rotatable bonds is 4. The van der Waals surface area contributed by atoms with Crippen molar-refractivity contribution in [3.8, 4) is 10.7 Å². The molecule has 25 heavy (non-hydrogen) atoms. The first kappa shape index (κ1) is 16.0. The summed E-state index contributed by atoms with van der Waals surface area (Å²) in [6, 6.07) is 12.0. The average Bonchev–Trinajstić information content (AvgIpc) is 3.16. The number of carbonyl (C=O) groups is 1. The van der Waals surface area contributed by atoms with E-state index in [0.717, 1.165) is 47.3 Å². The highest BCUT2D eigenvalue weighted by atomic mass is 32.1. The number of fused-ring (bicyclic) bond motifs is 1. The van der Waals surface area contributed by atoms with Gasteiger partial charge in [-0.3, -0.25) is 4.79 Å². The first-order valence-electron chi connectivity index (χ1n) is 8.59. The summed E-state index contributed by atoms with van der Waals surface area (Å²) in [6.45, 7) is 0. The lowest BCUT2D eigenvalue weighted by atomic mass is 9.84. The number of para-hydroxylation sites is 1. The van der Waals surface area contributed by atoms with Crippen LogP contribution in [0.1, 0.15) is 25.7 Å². The number of hydrogen-bond acceptors (Lipinski definition) is 5. The van der Waals surface area contributed by atoms with E-state index in [4.69, 9.17) is 15.7 Å². The Morgan fingerprint density at radius 2 is 1.96 bits per heavy atom. The quantitative estimate of drug-likeness (QED) is 0.748. The van der Waals surface area contributed by atoms with Gasteiger partial charge in [0.05, 0.1) is 16.3 Å². The fraction of sp³-hybridized carbons (Fsp3) is 0.316. The van der Waals surface area contributed by atoms with Gasteiger partial charge in [0.15, 0.2) is 5.82 Å². The number of nitrogens with one attached hydrogen (secondary N) is 1. The fourth-order valence-corrected chi connectivity index (χ4v) is 4.18. The van der Waals surface area contributed by atoms with Gasteiger partial charge in [-0.15, -0.1) is 11.3 Å². The number of benzene rings is 1. The minimum atomic E-state index is -0.228. The number of nitrogens with two attached hydrogens (primary N) is 1. The Kier molecular flexibility index (Phi) is 4.36. The summed E-state index contributed by atoms with van der Waals surface area (Å²) in [5.74, 6) is 1.12. The van der Waals surface area contributed by atoms with Crippen molar-refractivity contribution >= 4 is 34.0 Å². The second-order valence-electron chi connectivity index (χ2n) is 6.43. The van der Waals surface area contributed by atoms with Crippen LogP contribution in [-0.2, 0) is 4.79 Å². The molecule has 1 aliphatic carbocycles. The monoisotopic (exact) mass is 352 g/mol. The van der Waals surface area contributed by atoms with Gasteiger partial charge < -0.3 is 11.1 Å². The maximum absolute atomic E-state index is 11.8. The Balaban J connectivity index is 1.76. The van der Waals surface area contributed by atoms with Gasteiger partial charge in [0, 0.05) is 11.4 Å². The van der Waals surface area contributed by atoms with Crippen LogP contribution >= 0.6 is 11.3 Å². The zero-order chi connectivity index (χ0) is 17.2. The Labute approximate surface area is 150 Å². The highest BCUT2D eigenvalue weighted by molar-refractivity contribution is 7.13. The van der Waals surface area contributed by atoms with Gasteiger partial charge >= 0.3 is 0 Å². The highest BCUT2D eigenvalue weighted by Gasteiger charge is 2.30. The van der Waals surface area contributed by atoms with Gasteiger partial charge in [0.1, 0.15) is 5.82 Å². The molecule has 2 heterocycles. The maximum atomic E-state index is 11.8. The normalized spacial score (nSPS) is 20.5. The molecule has 3 N–H and O–H groups in total. The molecule has 128 valence electrons. The van der Waals surface area contributed by atoms with E-state index in [1.165, 1.54) is 0 Å². The number of anilines is 1. The first-order chi connectivity index (χ1) is 12.2. The SMILES string of the molecule is NC(=O)C1CCCCC1Nc1nc(-c2cccs2)nc2ccccc12. The van der Waals surface area contributed by atoms with Gasteiger partial charge in [-0.2, -0.15) is 0 Å². The number of amides is 1. The zero-order valence-corrected chi connectivity index (χ0v) is 14.6. The molecule has 0 radical (unpaired) electrons. The summed E-state index contributed by atoms with van der Waals surface area (Å²) in [7, 11) is 0. The van der Waals surface area contributed by atoms with Gasteiger partial charge in [-0.1, -0.05) is 31.0 Å². The van der Waals surface area contributed by atoms with E-state index in [0.29, 0.717) is 5.82 Å². The first-order valence-corrected chi connectivity index (χ1v) is 9.47. The van der Waals surface area contributed by atoms with Crippen LogP contribution in [0.25, 0.3) is 21.6 Å². The van der Waals surface area contributed by atoms with Gasteiger partial charge in [-0.05, 0) is 36.4 Å². The van der Waals surface area contributed by atoms with E-state index in [2.05, 4.69) is 5.32 Å². The zero-order valence-electron chi connectivity index (χ0n) is 13.8. The predicted molar refractivity (Wildman–Crippen MR) is 101 cm³/mol. The molecule has 0 aliphatic heterocycles. The van der Waals surface area contributed by atoms with Gasteiger partial charge in [-0.25, -0.2) is 9.97 Å². The summed E-state index contributed by atoms with van der Waals surface area (Å²) in [5, 5.41) is 6.50. The summed E-state index contributed by atoms with van der Waals surface area (Å²) >= 11 is 1.62. The van der Waals surface area contributed by atoms with Crippen molar-refractivity contribution in [2.24, 2.45) is 11.7 Å². The van der Waals surface area contributed by atoms with Crippen molar-refractivity contribution in [2.45, 2.75) is 31.7 Å². The Bertz CT molecular complexity index is 894. The lowest BCUT2D eigenvalue weighted by Crippen LogP contribution is -2.40. The lowest BCUT2D eigenvalue weighted by Gasteiger charge is -2.30. The summed E-state index contributed by atoms with van der Waals surface area (Å²) in [4.78, 5) is 22.3. The fourth-order valence-electron chi connectivity index (χ4n) is 3.52. The van der Waals surface area contributed by atoms with Crippen LogP contribution < -0.4 is 11.1 Å². The van der Waals surface area contributed by atoms with Crippen LogP contribution in [0, 0.1) is 5.92 Å². The lowest BCUT2D eigenvalue weighted by molar-refractivity contribution is -0.122. The van der Waals surface area contributed by atoms with Crippen LogP contribution in [-0.4, -0.2) is 21.9 Å². The predicted octanol–water partition coefficient (Wildman–Crippen LogP) is 3.81. The molecule has 0 spiro atoms. The van der Waals surface area contributed by atoms with E-state index in [1.54, 1.807) is 11.3 Å². The molecular formula is C19H20N4OS. The van der Waals surface area contributed by atoms with Gasteiger partial charge in [0.25, 0.3) is 0 Å². The Hall–Kier alpha value is -2.47. The van der Waals surface area contributed by atoms with Crippen molar-refractivity contribution in [2.75, 3.05) is 5.32 Å². The molecule has 0 bridgehead atoms. The molecule has 2 unspecified atom stereocenters. The Morgan fingerprint density at radius 1 is 1.12 bits per heavy atom. The van der Waals surface area contributed by atoms with Crippen LogP contribution in [0.4, 0.5) is 5.82 Å². The standard InChI is InChI=1S/C19H20N4OS/c20-17(24)12-6-1-3-8-14(12)21-18-13-7-2-4-9-15(13)22-19(23-18)16-10-5-11-25-16/h2,4-5,7,9-12,14H,1,3,6,8H2,(H2,20,24)(H,21,22,23). The number of thiophene rings is 1. The van der Waals surface area contributed by atoms with Crippen LogP contribution in [0.3, 0.4) is 0 Å². The number of carbonyl (C=O) groups excluding carboxylic acids is 1. The van der Waals surface area contributed by atoms with Crippen molar-refractivity contribution < 1.29 is 4.79 Å². The molecule has 4 rings (SSSR count). The van der Waals surface area contributed by atoms with Crippen molar-refractivity contribution in [1.82, 2.24) is 9.97 Å². The molecule has 1 fully saturated rings. The molecule has 1 aliphatic rings. The molecule has 2 aromatic heterocycles. The number of aromatic nitrogens is 2. The minimum absolute atomic E-state index is 0.0285. The second kappa shape index (κ2) is 6.80. The van der Waals surface area contributed by atoms with Crippen LogP contribution in [0.5, 0.6) is 0 Å². The average molecular weight is 352 g/mol. The van der Waals surface area contributed by atoms with Gasteiger partial charge in [0.2, 0.25) is 5.91 Å². The topological polar surface area (TPSA) is 80.9 Å². The molecule has 6 heteroatoms. The molecule has 1 saturated carbocycles. The van der Waals surface area contributed by atoms with Crippen molar-refractivity contribution in [3.63, 3.8) is 0 Å². The molecular weight excluding hydrogens is 332 g/mol. The summed E-state index contributed by atoms with van der Waals surface area (Å²) in [6.07, 6.45) is 3.92. The molecule has 1 amide bonds. The van der Waals surface area contributed by atoms with Crippen molar-refractivity contribution in [1.29, 1.82) is 0 Å². The second-order valence-corrected chi connectivity index (χ2v) is 7.38. The van der Waals surface area contributed by atoms with Crippen molar-refractivity contribution in [3.05, 3.63) is 41.8 Å². The largest absolute Gasteiger partial charge is 0.369 e. The molecule has 0 saturated heterocycles.